The summed E-state index contributed by atoms with van der Waals surface area (Å²) in [6, 6.07) is 0. The van der Waals surface area contributed by atoms with Gasteiger partial charge in [-0.25, -0.2) is 0 Å². The van der Waals surface area contributed by atoms with Crippen LogP contribution in [-0.4, -0.2) is 37.7 Å². The molecule has 0 amide bonds. The fourth-order valence-electron chi connectivity index (χ4n) is 0. The molecular weight excluding hydrogens is 206 g/mol. The van der Waals surface area contributed by atoms with Gasteiger partial charge in [0.2, 0.25) is 0 Å². The monoisotopic (exact) mass is 205 g/mol. The summed E-state index contributed by atoms with van der Waals surface area (Å²) in [5, 5.41) is 0. The summed E-state index contributed by atoms with van der Waals surface area (Å²) in [6.45, 7) is 0. The van der Waals surface area contributed by atoms with Crippen LogP contribution in [-0.2, 0) is 52.1 Å². The molecule has 0 aliphatic carbocycles. The maximum atomic E-state index is 0. The second-order valence-electron chi connectivity index (χ2n) is 0. The standard InChI is InChI=1S/Ca.Fe.Ni.V. The van der Waals surface area contributed by atoms with E-state index >= 15 is 0 Å². The molecule has 25 valence electrons. The average molecular weight is 206 g/mol. The second kappa shape index (κ2) is 16.9. The van der Waals surface area contributed by atoms with Gasteiger partial charge in [-0.2, -0.15) is 0 Å². The molecule has 4 heavy (non-hydrogen) atoms. The summed E-state index contributed by atoms with van der Waals surface area (Å²) in [6.07, 6.45) is 0. The summed E-state index contributed by atoms with van der Waals surface area (Å²) < 4.78 is 0. The van der Waals surface area contributed by atoms with Crippen LogP contribution in [0.3, 0.4) is 0 Å². The molecule has 3 radical (unpaired) electrons. The van der Waals surface area contributed by atoms with Crippen molar-refractivity contribution in [2.24, 2.45) is 0 Å². The normalized spacial score (nSPS) is 0. The van der Waals surface area contributed by atoms with Crippen LogP contribution >= 0.6 is 0 Å². The molecule has 0 N–H and O–H groups in total. The van der Waals surface area contributed by atoms with Crippen LogP contribution < -0.4 is 0 Å². The number of hydrogen-bond acceptors (Lipinski definition) is 0. The first-order valence-corrected chi connectivity index (χ1v) is 0. The SMILES string of the molecule is [Ca].[Fe].[Ni].[V]. The van der Waals surface area contributed by atoms with Gasteiger partial charge in [-0.05, 0) is 0 Å². The van der Waals surface area contributed by atoms with Crippen molar-refractivity contribution < 1.29 is 52.1 Å². The third-order valence-corrected chi connectivity index (χ3v) is 0. The van der Waals surface area contributed by atoms with E-state index in [0.717, 1.165) is 0 Å². The summed E-state index contributed by atoms with van der Waals surface area (Å²) in [5.41, 5.74) is 0. The molecule has 0 aromatic heterocycles. The smallest absolute Gasteiger partial charge is 0 e. The van der Waals surface area contributed by atoms with Crippen LogP contribution in [0.5, 0.6) is 0 Å². The second-order valence-corrected chi connectivity index (χ2v) is 0. The van der Waals surface area contributed by atoms with Gasteiger partial charge in [0.25, 0.3) is 0 Å². The van der Waals surface area contributed by atoms with E-state index in [9.17, 15) is 0 Å². The zero-order valence-electron chi connectivity index (χ0n) is 1.82. The molecule has 0 aromatic rings. The molecular formula is CaFeNiV. The Morgan fingerprint density at radius 3 is 1.00 bits per heavy atom. The molecule has 0 rings (SSSR count). The van der Waals surface area contributed by atoms with Crippen LogP contribution in [0.25, 0.3) is 0 Å². The number of hydrogen-bond donors (Lipinski definition) is 0. The van der Waals surface area contributed by atoms with Gasteiger partial charge < -0.3 is 0 Å². The van der Waals surface area contributed by atoms with E-state index in [-0.39, 0.29) is 89.9 Å². The fourth-order valence-corrected chi connectivity index (χ4v) is 0. The molecule has 0 spiro atoms. The third kappa shape index (κ3) is 8.85. The zero-order chi connectivity index (χ0) is 0. The first-order valence-electron chi connectivity index (χ1n) is 0. The zero-order valence-corrected chi connectivity index (χ0v) is 7.52. The van der Waals surface area contributed by atoms with E-state index < -0.39 is 0 Å². The maximum absolute atomic E-state index is 0. The quantitative estimate of drug-likeness (QED) is 0.473. The van der Waals surface area contributed by atoms with Gasteiger partial charge in [-0.3, -0.25) is 0 Å². The molecule has 0 aliphatic heterocycles. The molecule has 0 bridgehead atoms. The Kier molecular flexibility index (Phi) is 122. The van der Waals surface area contributed by atoms with Crippen molar-refractivity contribution in [3.05, 3.63) is 0 Å². The van der Waals surface area contributed by atoms with Crippen molar-refractivity contribution in [3.63, 3.8) is 0 Å². The molecule has 0 nitrogen and oxygen atoms in total. The molecule has 0 saturated heterocycles. The predicted octanol–water partition coefficient (Wildman–Crippen LogP) is -0.388. The van der Waals surface area contributed by atoms with Crippen LogP contribution in [0.1, 0.15) is 0 Å². The largest absolute Gasteiger partial charge is 0 e. The Hall–Kier alpha value is 2.86. The van der Waals surface area contributed by atoms with E-state index in [1.807, 2.05) is 0 Å². The molecule has 0 unspecified atom stereocenters. The molecule has 0 aromatic carbocycles. The molecule has 0 saturated carbocycles. The average Bonchev–Trinajstić information content (AvgIpc) is 0. The molecule has 4 heteroatoms. The maximum Gasteiger partial charge on any atom is 0 e. The third-order valence-electron chi connectivity index (χ3n) is 0. The first-order chi connectivity index (χ1) is 0. The van der Waals surface area contributed by atoms with Gasteiger partial charge >= 0.3 is 0 Å². The minimum absolute atomic E-state index is 0. The summed E-state index contributed by atoms with van der Waals surface area (Å²) in [7, 11) is 0. The van der Waals surface area contributed by atoms with E-state index in [0.29, 0.717) is 0 Å². The Labute approximate surface area is 88.1 Å². The van der Waals surface area contributed by atoms with Crippen molar-refractivity contribution in [3.8, 4) is 0 Å². The van der Waals surface area contributed by atoms with Crippen molar-refractivity contribution >= 4 is 37.7 Å². The van der Waals surface area contributed by atoms with E-state index in [2.05, 4.69) is 0 Å². The topological polar surface area (TPSA) is 0 Å². The first kappa shape index (κ1) is 28.8. The van der Waals surface area contributed by atoms with Crippen LogP contribution in [0.4, 0.5) is 0 Å². The summed E-state index contributed by atoms with van der Waals surface area (Å²) in [5.74, 6) is 0. The Balaban J connectivity index is 0. The Morgan fingerprint density at radius 1 is 1.00 bits per heavy atom. The Bertz CT molecular complexity index is 8.00. The summed E-state index contributed by atoms with van der Waals surface area (Å²) in [4.78, 5) is 0. The molecule has 0 atom stereocenters. The van der Waals surface area contributed by atoms with Crippen LogP contribution in [0, 0.1) is 0 Å². The van der Waals surface area contributed by atoms with Gasteiger partial charge in [-0.1, -0.05) is 0 Å². The summed E-state index contributed by atoms with van der Waals surface area (Å²) >= 11 is 0. The minimum atomic E-state index is 0. The van der Waals surface area contributed by atoms with Crippen molar-refractivity contribution in [2.45, 2.75) is 0 Å². The van der Waals surface area contributed by atoms with Gasteiger partial charge in [0.1, 0.15) is 0 Å². The number of rotatable bonds is 0. The predicted molar refractivity (Wildman–Crippen MR) is 5.75 cm³/mol. The van der Waals surface area contributed by atoms with Gasteiger partial charge in [0.05, 0.1) is 0 Å². The molecule has 0 fully saturated rings. The van der Waals surface area contributed by atoms with E-state index in [1.54, 1.807) is 0 Å². The van der Waals surface area contributed by atoms with Gasteiger partial charge in [0, 0.05) is 89.9 Å². The van der Waals surface area contributed by atoms with E-state index in [4.69, 9.17) is 0 Å². The molecule has 0 heterocycles. The van der Waals surface area contributed by atoms with Crippen molar-refractivity contribution in [1.29, 1.82) is 0 Å². The van der Waals surface area contributed by atoms with Crippen LogP contribution in [0.15, 0.2) is 0 Å². The van der Waals surface area contributed by atoms with Crippen LogP contribution in [0.2, 0.25) is 0 Å². The Morgan fingerprint density at radius 2 is 1.00 bits per heavy atom. The minimum Gasteiger partial charge on any atom is 0 e. The molecule has 0 aliphatic rings. The van der Waals surface area contributed by atoms with Gasteiger partial charge in [-0.15, -0.1) is 0 Å². The van der Waals surface area contributed by atoms with Crippen molar-refractivity contribution in [2.75, 3.05) is 0 Å². The van der Waals surface area contributed by atoms with Crippen molar-refractivity contribution in [1.82, 2.24) is 0 Å². The fraction of sp³-hybridized carbons (Fsp3) is 0. The van der Waals surface area contributed by atoms with E-state index in [1.165, 1.54) is 0 Å². The van der Waals surface area contributed by atoms with Gasteiger partial charge in [0.15, 0.2) is 0 Å².